The number of anilines is 1. The van der Waals surface area contributed by atoms with Gasteiger partial charge in [0, 0.05) is 17.6 Å². The van der Waals surface area contributed by atoms with Crippen molar-refractivity contribution < 1.29 is 4.79 Å². The Kier molecular flexibility index (Phi) is 5.68. The molecule has 0 spiro atoms. The second-order valence-corrected chi connectivity index (χ2v) is 8.20. The minimum atomic E-state index is -0.451. The third-order valence-corrected chi connectivity index (χ3v) is 5.93. The van der Waals surface area contributed by atoms with Crippen LogP contribution < -0.4 is 10.9 Å². The van der Waals surface area contributed by atoms with Gasteiger partial charge >= 0.3 is 0 Å². The number of aromatic nitrogens is 2. The molecule has 0 saturated heterocycles. The summed E-state index contributed by atoms with van der Waals surface area (Å²) >= 11 is 1.26. The molecule has 1 amide bonds. The van der Waals surface area contributed by atoms with E-state index in [-0.39, 0.29) is 11.5 Å². The van der Waals surface area contributed by atoms with E-state index in [4.69, 9.17) is 0 Å². The molecule has 0 fully saturated rings. The summed E-state index contributed by atoms with van der Waals surface area (Å²) in [7, 11) is 0. The molecular weight excluding hydrogens is 394 g/mol. The van der Waals surface area contributed by atoms with Crippen LogP contribution in [0.1, 0.15) is 6.92 Å². The van der Waals surface area contributed by atoms with Gasteiger partial charge in [-0.2, -0.15) is 0 Å². The Balaban J connectivity index is 1.63. The number of allylic oxidation sites excluding steroid dienone is 1. The van der Waals surface area contributed by atoms with E-state index < -0.39 is 5.25 Å². The van der Waals surface area contributed by atoms with Crippen LogP contribution in [0.25, 0.3) is 21.7 Å². The van der Waals surface area contributed by atoms with Crippen molar-refractivity contribution in [2.75, 3.05) is 5.32 Å². The van der Waals surface area contributed by atoms with E-state index in [2.05, 4.69) is 16.9 Å². The van der Waals surface area contributed by atoms with Crippen molar-refractivity contribution >= 4 is 45.0 Å². The summed E-state index contributed by atoms with van der Waals surface area (Å²) in [5, 5.41) is 5.66. The van der Waals surface area contributed by atoms with Gasteiger partial charge in [0.25, 0.3) is 5.56 Å². The third kappa shape index (κ3) is 3.86. The van der Waals surface area contributed by atoms with Crippen LogP contribution in [0.3, 0.4) is 0 Å². The average Bonchev–Trinajstić information content (AvgIpc) is 2.76. The van der Waals surface area contributed by atoms with Gasteiger partial charge in [0.1, 0.15) is 0 Å². The van der Waals surface area contributed by atoms with Gasteiger partial charge in [0.05, 0.1) is 16.2 Å². The van der Waals surface area contributed by atoms with Crippen LogP contribution in [0.4, 0.5) is 5.69 Å². The highest BCUT2D eigenvalue weighted by Crippen LogP contribution is 2.26. The summed E-state index contributed by atoms with van der Waals surface area (Å²) in [5.74, 6) is -0.149. The normalized spacial score (nSPS) is 12.0. The topological polar surface area (TPSA) is 64.0 Å². The van der Waals surface area contributed by atoms with Gasteiger partial charge in [0.2, 0.25) is 5.91 Å². The lowest BCUT2D eigenvalue weighted by Crippen LogP contribution is -2.26. The Morgan fingerprint density at radius 2 is 1.80 bits per heavy atom. The Morgan fingerprint density at radius 3 is 2.60 bits per heavy atom. The van der Waals surface area contributed by atoms with E-state index >= 15 is 0 Å². The molecule has 1 atom stereocenters. The lowest BCUT2D eigenvalue weighted by Gasteiger charge is -2.16. The van der Waals surface area contributed by atoms with Gasteiger partial charge in [-0.15, -0.1) is 6.58 Å². The van der Waals surface area contributed by atoms with Gasteiger partial charge < -0.3 is 5.32 Å². The predicted octanol–water partition coefficient (Wildman–Crippen LogP) is 4.86. The smallest absolute Gasteiger partial charge is 0.262 e. The first kappa shape index (κ1) is 19.9. The van der Waals surface area contributed by atoms with Crippen molar-refractivity contribution in [2.24, 2.45) is 0 Å². The highest BCUT2D eigenvalue weighted by molar-refractivity contribution is 8.00. The number of amides is 1. The number of benzene rings is 3. The highest BCUT2D eigenvalue weighted by atomic mass is 32.2. The van der Waals surface area contributed by atoms with E-state index in [1.807, 2.05) is 61.5 Å². The number of hydrogen-bond acceptors (Lipinski definition) is 4. The zero-order valence-corrected chi connectivity index (χ0v) is 17.4. The maximum atomic E-state index is 12.9. The Labute approximate surface area is 178 Å². The molecule has 150 valence electrons. The molecule has 5 nitrogen and oxygen atoms in total. The van der Waals surface area contributed by atoms with Crippen LogP contribution in [-0.2, 0) is 11.3 Å². The van der Waals surface area contributed by atoms with Crippen molar-refractivity contribution in [3.63, 3.8) is 0 Å². The molecule has 1 aromatic heterocycles. The quantitative estimate of drug-likeness (QED) is 0.278. The summed E-state index contributed by atoms with van der Waals surface area (Å²) in [6, 6.07) is 21.0. The molecule has 4 aromatic rings. The summed E-state index contributed by atoms with van der Waals surface area (Å²) in [4.78, 5) is 30.4. The molecule has 0 aliphatic rings. The number of thioether (sulfide) groups is 1. The second kappa shape index (κ2) is 8.55. The molecule has 0 saturated carbocycles. The van der Waals surface area contributed by atoms with Crippen LogP contribution in [0.2, 0.25) is 0 Å². The maximum Gasteiger partial charge on any atom is 0.262 e. The Hall–Kier alpha value is -3.38. The Morgan fingerprint density at radius 1 is 1.10 bits per heavy atom. The largest absolute Gasteiger partial charge is 0.325 e. The van der Waals surface area contributed by atoms with E-state index in [0.717, 1.165) is 16.5 Å². The van der Waals surface area contributed by atoms with E-state index in [9.17, 15) is 9.59 Å². The summed E-state index contributed by atoms with van der Waals surface area (Å²) in [6.45, 7) is 5.88. The molecule has 0 aliphatic carbocycles. The van der Waals surface area contributed by atoms with Crippen molar-refractivity contribution in [3.05, 3.63) is 89.7 Å². The Bertz CT molecular complexity index is 1310. The first-order valence-electron chi connectivity index (χ1n) is 9.64. The van der Waals surface area contributed by atoms with E-state index in [0.29, 0.717) is 22.6 Å². The van der Waals surface area contributed by atoms with Crippen LogP contribution in [0, 0.1) is 0 Å². The molecule has 0 radical (unpaired) electrons. The number of para-hydroxylation sites is 1. The van der Waals surface area contributed by atoms with Gasteiger partial charge in [-0.1, -0.05) is 66.4 Å². The van der Waals surface area contributed by atoms with Gasteiger partial charge in [0.15, 0.2) is 5.16 Å². The molecule has 6 heteroatoms. The minimum Gasteiger partial charge on any atom is -0.325 e. The first-order chi connectivity index (χ1) is 14.6. The molecule has 30 heavy (non-hydrogen) atoms. The second-order valence-electron chi connectivity index (χ2n) is 6.89. The van der Waals surface area contributed by atoms with Gasteiger partial charge in [-0.05, 0) is 30.5 Å². The van der Waals surface area contributed by atoms with Crippen molar-refractivity contribution in [3.8, 4) is 0 Å². The monoisotopic (exact) mass is 415 g/mol. The molecule has 1 N–H and O–H groups in total. The number of hydrogen-bond donors (Lipinski definition) is 1. The highest BCUT2D eigenvalue weighted by Gasteiger charge is 2.19. The van der Waals surface area contributed by atoms with Crippen LogP contribution in [0.15, 0.2) is 89.3 Å². The average molecular weight is 416 g/mol. The number of carbonyl (C=O) groups excluding carboxylic acids is 1. The van der Waals surface area contributed by atoms with Gasteiger partial charge in [-0.25, -0.2) is 4.98 Å². The third-order valence-electron chi connectivity index (χ3n) is 4.84. The van der Waals surface area contributed by atoms with Crippen molar-refractivity contribution in [1.29, 1.82) is 0 Å². The summed E-state index contributed by atoms with van der Waals surface area (Å²) < 4.78 is 1.56. The standard InChI is InChI=1S/C24H21N3O2S/c1-3-15-27-23(29)19-12-6-7-13-21(19)26-24(27)30-16(2)22(28)25-20-14-8-10-17-9-4-5-11-18(17)20/h3-14,16H,1,15H2,2H3,(H,25,28)/t16-/m1/s1. The minimum absolute atomic E-state index is 0.135. The molecule has 1 heterocycles. The molecular formula is C24H21N3O2S. The number of carbonyl (C=O) groups is 1. The van der Waals surface area contributed by atoms with Crippen molar-refractivity contribution in [2.45, 2.75) is 23.9 Å². The fourth-order valence-corrected chi connectivity index (χ4v) is 4.23. The first-order valence-corrected chi connectivity index (χ1v) is 10.5. The van der Waals surface area contributed by atoms with Crippen molar-refractivity contribution in [1.82, 2.24) is 9.55 Å². The molecule has 0 aliphatic heterocycles. The van der Waals surface area contributed by atoms with E-state index in [1.54, 1.807) is 22.8 Å². The lowest BCUT2D eigenvalue weighted by atomic mass is 10.1. The zero-order chi connectivity index (χ0) is 21.1. The number of nitrogens with zero attached hydrogens (tertiary/aromatic N) is 2. The van der Waals surface area contributed by atoms with Crippen LogP contribution >= 0.6 is 11.8 Å². The lowest BCUT2D eigenvalue weighted by molar-refractivity contribution is -0.115. The molecule has 3 aromatic carbocycles. The SMILES string of the molecule is C=CCn1c(S[C@H](C)C(=O)Nc2cccc3ccccc23)nc2ccccc2c1=O. The number of nitrogens with one attached hydrogen (secondary N) is 1. The maximum absolute atomic E-state index is 12.9. The van der Waals surface area contributed by atoms with Crippen LogP contribution in [-0.4, -0.2) is 20.7 Å². The zero-order valence-electron chi connectivity index (χ0n) is 16.5. The predicted molar refractivity (Wildman–Crippen MR) is 124 cm³/mol. The molecule has 0 bridgehead atoms. The summed E-state index contributed by atoms with van der Waals surface area (Å²) in [5.41, 5.74) is 1.25. The number of fused-ring (bicyclic) bond motifs is 2. The molecule has 0 unspecified atom stereocenters. The summed E-state index contributed by atoms with van der Waals surface area (Å²) in [6.07, 6.45) is 1.66. The fraction of sp³-hybridized carbons (Fsp3) is 0.125. The van der Waals surface area contributed by atoms with Gasteiger partial charge in [-0.3, -0.25) is 14.2 Å². The van der Waals surface area contributed by atoms with E-state index in [1.165, 1.54) is 11.8 Å². The molecule has 4 rings (SSSR count). The fourth-order valence-electron chi connectivity index (χ4n) is 3.31. The van der Waals surface area contributed by atoms with Crippen LogP contribution in [0.5, 0.6) is 0 Å². The number of rotatable bonds is 6.